The number of amides is 1. The average Bonchev–Trinajstić information content (AvgIpc) is 3.50. The quantitative estimate of drug-likeness (QED) is 0.333. The number of aryl methyl sites for hydroxylation is 1. The Kier molecular flexibility index (Phi) is 7.89. The summed E-state index contributed by atoms with van der Waals surface area (Å²) in [6.07, 6.45) is -2.70. The number of alkyl halides is 3. The lowest BCUT2D eigenvalue weighted by Crippen LogP contribution is -2.43. The van der Waals surface area contributed by atoms with Crippen molar-refractivity contribution in [2.24, 2.45) is 7.05 Å². The lowest BCUT2D eigenvalue weighted by atomic mass is 10.0. The van der Waals surface area contributed by atoms with Gasteiger partial charge in [-0.05, 0) is 44.1 Å². The Morgan fingerprint density at radius 2 is 1.90 bits per heavy atom. The number of benzene rings is 1. The van der Waals surface area contributed by atoms with Crippen LogP contribution in [0.15, 0.2) is 35.1 Å². The Bertz CT molecular complexity index is 1600. The number of methoxy groups -OCH3 is 1. The van der Waals surface area contributed by atoms with Crippen molar-refractivity contribution in [3.05, 3.63) is 56.8 Å². The average molecular weight is 577 g/mol. The fourth-order valence-corrected chi connectivity index (χ4v) is 6.29. The minimum absolute atomic E-state index is 0.148. The monoisotopic (exact) mass is 576 g/mol. The number of fused-ring (bicyclic) bond motifs is 2. The molecule has 0 spiro atoms. The van der Waals surface area contributed by atoms with Crippen molar-refractivity contribution >= 4 is 38.4 Å². The van der Waals surface area contributed by atoms with Crippen LogP contribution in [0.1, 0.15) is 33.8 Å². The van der Waals surface area contributed by atoms with Crippen LogP contribution in [0.5, 0.6) is 5.75 Å². The van der Waals surface area contributed by atoms with E-state index in [1.54, 1.807) is 35.9 Å². The molecule has 2 N–H and O–H groups in total. The number of nitrogens with zero attached hydrogens (tertiary/aromatic N) is 4. The molecule has 0 atom stereocenters. The van der Waals surface area contributed by atoms with Crippen LogP contribution in [0.25, 0.3) is 21.1 Å². The van der Waals surface area contributed by atoms with Crippen molar-refractivity contribution in [2.45, 2.75) is 38.1 Å². The summed E-state index contributed by atoms with van der Waals surface area (Å²) >= 11 is 1.33. The predicted molar refractivity (Wildman–Crippen MR) is 148 cm³/mol. The van der Waals surface area contributed by atoms with Gasteiger partial charge in [-0.3, -0.25) is 14.3 Å². The molecule has 4 aromatic rings. The third-order valence-corrected chi connectivity index (χ3v) is 8.62. The van der Waals surface area contributed by atoms with Crippen LogP contribution in [-0.2, 0) is 26.3 Å². The molecule has 1 aliphatic rings. The molecule has 1 aromatic carbocycles. The predicted octanol–water partition coefficient (Wildman–Crippen LogP) is 3.59. The fourth-order valence-electron chi connectivity index (χ4n) is 5.27. The van der Waals surface area contributed by atoms with Gasteiger partial charge in [0, 0.05) is 67.6 Å². The maximum absolute atomic E-state index is 13.3. The highest BCUT2D eigenvalue weighted by atomic mass is 32.1. The number of pyridine rings is 1. The normalized spacial score (nSPS) is 15.2. The van der Waals surface area contributed by atoms with E-state index >= 15 is 0 Å². The zero-order valence-electron chi connectivity index (χ0n) is 22.5. The summed E-state index contributed by atoms with van der Waals surface area (Å²) in [5, 5.41) is 10.6. The largest absolute Gasteiger partial charge is 0.497 e. The SMILES string of the molecule is CNC(=O)c1cc(=O)n(CCN2CCC(NCc3cc4c(C(F)(F)F)nn(C)c4s3)CC2)c2cc(OC)ccc12. The van der Waals surface area contributed by atoms with Crippen LogP contribution in [-0.4, -0.2) is 65.0 Å². The van der Waals surface area contributed by atoms with E-state index in [4.69, 9.17) is 4.74 Å². The Labute approximate surface area is 232 Å². The molecular weight excluding hydrogens is 545 g/mol. The first-order valence-electron chi connectivity index (χ1n) is 13.0. The summed E-state index contributed by atoms with van der Waals surface area (Å²) < 4.78 is 48.2. The molecule has 4 heterocycles. The van der Waals surface area contributed by atoms with Gasteiger partial charge in [0.1, 0.15) is 10.6 Å². The number of hydrogen-bond acceptors (Lipinski definition) is 7. The van der Waals surface area contributed by atoms with E-state index < -0.39 is 11.9 Å². The molecule has 1 saturated heterocycles. The number of piperidine rings is 1. The topological polar surface area (TPSA) is 93.4 Å². The van der Waals surface area contributed by atoms with E-state index in [9.17, 15) is 22.8 Å². The summed E-state index contributed by atoms with van der Waals surface area (Å²) in [6.45, 7) is 3.30. The van der Waals surface area contributed by atoms with Crippen LogP contribution >= 0.6 is 11.3 Å². The van der Waals surface area contributed by atoms with Crippen LogP contribution < -0.4 is 20.9 Å². The molecule has 40 heavy (non-hydrogen) atoms. The number of nitrogens with one attached hydrogen (secondary N) is 2. The van der Waals surface area contributed by atoms with Gasteiger partial charge in [0.2, 0.25) is 0 Å². The second kappa shape index (κ2) is 11.2. The van der Waals surface area contributed by atoms with Crippen LogP contribution in [0, 0.1) is 0 Å². The molecule has 1 fully saturated rings. The van der Waals surface area contributed by atoms with Crippen molar-refractivity contribution in [3.63, 3.8) is 0 Å². The van der Waals surface area contributed by atoms with E-state index in [0.717, 1.165) is 30.8 Å². The van der Waals surface area contributed by atoms with Gasteiger partial charge in [-0.2, -0.15) is 18.3 Å². The molecule has 0 radical (unpaired) electrons. The number of thiophene rings is 1. The molecule has 0 aliphatic carbocycles. The molecule has 3 aromatic heterocycles. The standard InChI is InChI=1S/C27H31F3N6O3S/c1-31-25(38)20-14-23(37)36(22-12-17(39-3)4-5-19(20)22)11-10-35-8-6-16(7-9-35)32-15-18-13-21-24(27(28,29)30)33-34(2)26(21)40-18/h4-5,12-14,16,32H,6-11,15H2,1-3H3,(H,31,38). The Morgan fingerprint density at radius 1 is 1.15 bits per heavy atom. The number of ether oxygens (including phenoxy) is 1. The highest BCUT2D eigenvalue weighted by molar-refractivity contribution is 7.18. The lowest BCUT2D eigenvalue weighted by Gasteiger charge is -2.32. The second-order valence-corrected chi connectivity index (χ2v) is 11.0. The summed E-state index contributed by atoms with van der Waals surface area (Å²) in [7, 11) is 4.62. The van der Waals surface area contributed by atoms with Gasteiger partial charge in [0.15, 0.2) is 5.69 Å². The molecule has 13 heteroatoms. The number of carbonyl (C=O) groups is 1. The van der Waals surface area contributed by atoms with Crippen molar-refractivity contribution in [1.82, 2.24) is 29.9 Å². The van der Waals surface area contributed by atoms with Crippen LogP contribution in [0.3, 0.4) is 0 Å². The van der Waals surface area contributed by atoms with Crippen molar-refractivity contribution < 1.29 is 22.7 Å². The smallest absolute Gasteiger partial charge is 0.435 e. The van der Waals surface area contributed by atoms with Gasteiger partial charge in [0.25, 0.3) is 11.5 Å². The third-order valence-electron chi connectivity index (χ3n) is 7.41. The first-order valence-corrected chi connectivity index (χ1v) is 13.8. The molecule has 214 valence electrons. The lowest BCUT2D eigenvalue weighted by molar-refractivity contribution is -0.140. The van der Waals surface area contributed by atoms with E-state index in [-0.39, 0.29) is 22.9 Å². The molecule has 9 nitrogen and oxygen atoms in total. The van der Waals surface area contributed by atoms with Crippen molar-refractivity contribution in [2.75, 3.05) is 33.8 Å². The van der Waals surface area contributed by atoms with Crippen LogP contribution in [0.2, 0.25) is 0 Å². The molecule has 0 bridgehead atoms. The summed E-state index contributed by atoms with van der Waals surface area (Å²) in [6, 6.07) is 8.56. The number of likely N-dealkylation sites (tertiary alicyclic amines) is 1. The van der Waals surface area contributed by atoms with Crippen molar-refractivity contribution in [3.8, 4) is 5.75 Å². The molecule has 0 saturated carbocycles. The van der Waals surface area contributed by atoms with E-state index in [2.05, 4.69) is 20.6 Å². The number of aromatic nitrogens is 3. The van der Waals surface area contributed by atoms with E-state index in [1.165, 1.54) is 36.2 Å². The maximum atomic E-state index is 13.3. The Hall–Kier alpha value is -3.42. The molecule has 0 unspecified atom stereocenters. The maximum Gasteiger partial charge on any atom is 0.435 e. The number of carbonyl (C=O) groups excluding carboxylic acids is 1. The summed E-state index contributed by atoms with van der Waals surface area (Å²) in [4.78, 5) is 29.0. The molecule has 1 amide bonds. The zero-order chi connectivity index (χ0) is 28.6. The Balaban J connectivity index is 1.20. The first kappa shape index (κ1) is 28.1. The van der Waals surface area contributed by atoms with Gasteiger partial charge < -0.3 is 24.8 Å². The summed E-state index contributed by atoms with van der Waals surface area (Å²) in [5.41, 5.74) is -0.107. The highest BCUT2D eigenvalue weighted by Gasteiger charge is 2.37. The second-order valence-electron chi connectivity index (χ2n) is 9.91. The van der Waals surface area contributed by atoms with Crippen LogP contribution in [0.4, 0.5) is 13.2 Å². The van der Waals surface area contributed by atoms with Gasteiger partial charge in [-0.15, -0.1) is 11.3 Å². The Morgan fingerprint density at radius 3 is 2.58 bits per heavy atom. The number of halogens is 3. The fraction of sp³-hybridized carbons (Fsp3) is 0.444. The highest BCUT2D eigenvalue weighted by Crippen LogP contribution is 2.37. The van der Waals surface area contributed by atoms with Crippen molar-refractivity contribution in [1.29, 1.82) is 0 Å². The molecule has 1 aliphatic heterocycles. The minimum Gasteiger partial charge on any atom is -0.497 e. The minimum atomic E-state index is -4.48. The number of rotatable bonds is 8. The third kappa shape index (κ3) is 5.58. The van der Waals surface area contributed by atoms with Gasteiger partial charge >= 0.3 is 6.18 Å². The van der Waals surface area contributed by atoms with E-state index in [0.29, 0.717) is 46.7 Å². The molecular formula is C27H31F3N6O3S. The van der Waals surface area contributed by atoms with Gasteiger partial charge in [-0.25, -0.2) is 0 Å². The zero-order valence-corrected chi connectivity index (χ0v) is 23.3. The molecule has 5 rings (SSSR count). The summed E-state index contributed by atoms with van der Waals surface area (Å²) in [5.74, 6) is 0.285. The van der Waals surface area contributed by atoms with Gasteiger partial charge in [0.05, 0.1) is 18.2 Å². The van der Waals surface area contributed by atoms with E-state index in [1.807, 2.05) is 0 Å². The van der Waals surface area contributed by atoms with Gasteiger partial charge in [-0.1, -0.05) is 0 Å². The number of hydrogen-bond donors (Lipinski definition) is 2. The first-order chi connectivity index (χ1) is 19.1.